The van der Waals surface area contributed by atoms with Gasteiger partial charge in [-0.1, -0.05) is 26.7 Å². The molecule has 3 nitrogen and oxygen atoms in total. The molecule has 132 valence electrons. The fraction of sp³-hybridized carbons (Fsp3) is 0.700. The number of nitrogens with one attached hydrogen (secondary N) is 1. The summed E-state index contributed by atoms with van der Waals surface area (Å²) in [4.78, 5) is 6.19. The van der Waals surface area contributed by atoms with Gasteiger partial charge < -0.3 is 4.74 Å². The van der Waals surface area contributed by atoms with Crippen molar-refractivity contribution in [3.05, 3.63) is 29.1 Å². The van der Waals surface area contributed by atoms with Crippen LogP contribution in [0.2, 0.25) is 0 Å². The molecule has 4 aliphatic rings. The fourth-order valence-corrected chi connectivity index (χ4v) is 5.40. The fourth-order valence-electron chi connectivity index (χ4n) is 5.40. The van der Waals surface area contributed by atoms with Crippen LogP contribution in [0.3, 0.4) is 0 Å². The van der Waals surface area contributed by atoms with Gasteiger partial charge in [-0.15, -0.1) is 0 Å². The van der Waals surface area contributed by atoms with E-state index in [9.17, 15) is 4.39 Å². The second-order valence-electron chi connectivity index (χ2n) is 8.43. The van der Waals surface area contributed by atoms with Crippen molar-refractivity contribution in [3.63, 3.8) is 0 Å². The van der Waals surface area contributed by atoms with Crippen LogP contribution in [0, 0.1) is 17.7 Å². The molecule has 5 rings (SSSR count). The van der Waals surface area contributed by atoms with E-state index in [0.717, 1.165) is 43.2 Å². The molecule has 0 radical (unpaired) electrons. The second-order valence-corrected chi connectivity index (χ2v) is 8.43. The summed E-state index contributed by atoms with van der Waals surface area (Å²) in [6, 6.07) is 3.81. The zero-order valence-electron chi connectivity index (χ0n) is 15.1. The SMILES string of the molecule is COc1cc(F)c2c(c1)C1(C)CCCCC3(C)ONC1C(C2)C3C. The van der Waals surface area contributed by atoms with E-state index in [1.54, 1.807) is 7.11 Å². The Balaban J connectivity index is 1.90. The van der Waals surface area contributed by atoms with E-state index in [1.807, 2.05) is 6.07 Å². The summed E-state index contributed by atoms with van der Waals surface area (Å²) in [6.07, 6.45) is 5.18. The van der Waals surface area contributed by atoms with Crippen molar-refractivity contribution in [3.8, 4) is 5.75 Å². The first kappa shape index (κ1) is 16.3. The van der Waals surface area contributed by atoms with E-state index in [-0.39, 0.29) is 22.9 Å². The Morgan fingerprint density at radius 2 is 2.00 bits per heavy atom. The molecular weight excluding hydrogens is 305 g/mol. The number of methoxy groups -OCH3 is 1. The Hall–Kier alpha value is -1.13. The first-order valence-corrected chi connectivity index (χ1v) is 9.19. The van der Waals surface area contributed by atoms with E-state index in [1.165, 1.54) is 6.07 Å². The van der Waals surface area contributed by atoms with E-state index in [2.05, 4.69) is 26.3 Å². The molecule has 5 atom stereocenters. The van der Waals surface area contributed by atoms with E-state index in [4.69, 9.17) is 9.57 Å². The van der Waals surface area contributed by atoms with Crippen LogP contribution < -0.4 is 10.2 Å². The Bertz CT molecular complexity index is 663. The van der Waals surface area contributed by atoms with Crippen LogP contribution in [-0.4, -0.2) is 18.8 Å². The summed E-state index contributed by atoms with van der Waals surface area (Å²) < 4.78 is 20.2. The number of rotatable bonds is 1. The Labute approximate surface area is 143 Å². The molecule has 2 heterocycles. The molecule has 1 N–H and O–H groups in total. The van der Waals surface area contributed by atoms with Crippen LogP contribution >= 0.6 is 0 Å². The van der Waals surface area contributed by atoms with Crippen LogP contribution in [0.1, 0.15) is 57.6 Å². The second kappa shape index (κ2) is 5.43. The molecule has 0 spiro atoms. The lowest BCUT2D eigenvalue weighted by Crippen LogP contribution is -2.64. The zero-order valence-corrected chi connectivity index (χ0v) is 15.1. The minimum Gasteiger partial charge on any atom is -0.497 e. The molecule has 1 aromatic carbocycles. The van der Waals surface area contributed by atoms with Gasteiger partial charge in [0.25, 0.3) is 0 Å². The molecular formula is C20H28FNO2. The van der Waals surface area contributed by atoms with E-state index < -0.39 is 0 Å². The van der Waals surface area contributed by atoms with Gasteiger partial charge in [0, 0.05) is 17.5 Å². The number of ether oxygens (including phenoxy) is 1. The minimum atomic E-state index is -0.160. The van der Waals surface area contributed by atoms with Crippen LogP contribution in [0.4, 0.5) is 4.39 Å². The van der Waals surface area contributed by atoms with Gasteiger partial charge >= 0.3 is 0 Å². The van der Waals surface area contributed by atoms with Gasteiger partial charge in [-0.25, -0.2) is 4.39 Å². The summed E-state index contributed by atoms with van der Waals surface area (Å²) >= 11 is 0. The van der Waals surface area contributed by atoms with Gasteiger partial charge in [-0.05, 0) is 55.2 Å². The number of hydrogen-bond donors (Lipinski definition) is 1. The van der Waals surface area contributed by atoms with Gasteiger partial charge in [0.1, 0.15) is 11.6 Å². The van der Waals surface area contributed by atoms with E-state index >= 15 is 0 Å². The third kappa shape index (κ3) is 2.15. The molecule has 2 aliphatic carbocycles. The van der Waals surface area contributed by atoms with Crippen LogP contribution in [0.15, 0.2) is 12.1 Å². The molecule has 2 aliphatic heterocycles. The third-order valence-electron chi connectivity index (χ3n) is 7.22. The normalized spacial score (nSPS) is 41.1. The number of fused-ring (bicyclic) bond motifs is 5. The molecule has 0 amide bonds. The third-order valence-corrected chi connectivity index (χ3v) is 7.22. The van der Waals surface area contributed by atoms with Crippen LogP contribution in [-0.2, 0) is 16.7 Å². The zero-order chi connectivity index (χ0) is 17.1. The maximum atomic E-state index is 14.9. The van der Waals surface area contributed by atoms with Crippen molar-refractivity contribution in [1.29, 1.82) is 0 Å². The van der Waals surface area contributed by atoms with Gasteiger partial charge in [-0.3, -0.25) is 4.84 Å². The maximum absolute atomic E-state index is 14.9. The largest absolute Gasteiger partial charge is 0.497 e. The smallest absolute Gasteiger partial charge is 0.130 e. The number of benzene rings is 1. The van der Waals surface area contributed by atoms with Crippen molar-refractivity contribution in [2.24, 2.45) is 11.8 Å². The predicted octanol–water partition coefficient (Wildman–Crippen LogP) is 4.14. The number of hydroxylamine groups is 1. The van der Waals surface area contributed by atoms with E-state index in [0.29, 0.717) is 17.6 Å². The summed E-state index contributed by atoms with van der Waals surface area (Å²) in [5.41, 5.74) is 5.11. The van der Waals surface area contributed by atoms with Crippen molar-refractivity contribution >= 4 is 0 Å². The molecule has 5 unspecified atom stereocenters. The van der Waals surface area contributed by atoms with Gasteiger partial charge in [-0.2, -0.15) is 5.48 Å². The van der Waals surface area contributed by atoms with Gasteiger partial charge in [0.15, 0.2) is 0 Å². The molecule has 1 aromatic rings. The standard InChI is InChI=1S/C20H28FNO2/c1-12-14-11-15-16(9-13(23-4)10-17(15)21)19(2)7-5-6-8-20(12,3)24-22-18(14)19/h9-10,12,14,18,22H,5-8,11H2,1-4H3. The highest BCUT2D eigenvalue weighted by atomic mass is 19.1. The Kier molecular flexibility index (Phi) is 3.70. The Morgan fingerprint density at radius 1 is 1.25 bits per heavy atom. The molecule has 4 bridgehead atoms. The topological polar surface area (TPSA) is 30.5 Å². The molecule has 0 aromatic heterocycles. The lowest BCUT2D eigenvalue weighted by molar-refractivity contribution is -0.209. The minimum absolute atomic E-state index is 0.117. The molecule has 2 saturated heterocycles. The molecule has 24 heavy (non-hydrogen) atoms. The summed E-state index contributed by atoms with van der Waals surface area (Å²) in [6.45, 7) is 6.78. The average Bonchev–Trinajstić information content (AvgIpc) is 2.64. The quantitative estimate of drug-likeness (QED) is 0.838. The van der Waals surface area contributed by atoms with Crippen molar-refractivity contribution in [2.45, 2.75) is 69.9 Å². The monoisotopic (exact) mass is 333 g/mol. The molecule has 3 fully saturated rings. The maximum Gasteiger partial charge on any atom is 0.130 e. The summed E-state index contributed by atoms with van der Waals surface area (Å²) in [5, 5.41) is 0. The van der Waals surface area contributed by atoms with Gasteiger partial charge in [0.2, 0.25) is 0 Å². The average molecular weight is 333 g/mol. The van der Waals surface area contributed by atoms with Crippen molar-refractivity contribution < 1.29 is 14.0 Å². The first-order valence-electron chi connectivity index (χ1n) is 9.19. The first-order chi connectivity index (χ1) is 11.4. The highest BCUT2D eigenvalue weighted by Gasteiger charge is 2.55. The predicted molar refractivity (Wildman–Crippen MR) is 91.5 cm³/mol. The summed E-state index contributed by atoms with van der Waals surface area (Å²) in [7, 11) is 1.60. The van der Waals surface area contributed by atoms with Crippen molar-refractivity contribution in [1.82, 2.24) is 5.48 Å². The Morgan fingerprint density at radius 3 is 2.75 bits per heavy atom. The molecule has 1 saturated carbocycles. The van der Waals surface area contributed by atoms with Gasteiger partial charge in [0.05, 0.1) is 12.7 Å². The lowest BCUT2D eigenvalue weighted by Gasteiger charge is -2.55. The van der Waals surface area contributed by atoms with Crippen molar-refractivity contribution in [2.75, 3.05) is 7.11 Å². The highest BCUT2D eigenvalue weighted by Crippen LogP contribution is 2.53. The summed E-state index contributed by atoms with van der Waals surface area (Å²) in [5.74, 6) is 1.28. The highest BCUT2D eigenvalue weighted by molar-refractivity contribution is 5.45. The molecule has 4 heteroatoms. The number of hydrogen-bond acceptors (Lipinski definition) is 3. The number of halogens is 1. The van der Waals surface area contributed by atoms with Crippen LogP contribution in [0.25, 0.3) is 0 Å². The van der Waals surface area contributed by atoms with Crippen LogP contribution in [0.5, 0.6) is 5.75 Å². The lowest BCUT2D eigenvalue weighted by atomic mass is 9.58.